The van der Waals surface area contributed by atoms with E-state index >= 15 is 0 Å². The van der Waals surface area contributed by atoms with Gasteiger partial charge in [0.1, 0.15) is 5.75 Å². The molecule has 0 fully saturated rings. The summed E-state index contributed by atoms with van der Waals surface area (Å²) in [6, 6.07) is 4.91. The van der Waals surface area contributed by atoms with Gasteiger partial charge in [-0.1, -0.05) is 11.8 Å². The van der Waals surface area contributed by atoms with Crippen molar-refractivity contribution in [3.63, 3.8) is 0 Å². The van der Waals surface area contributed by atoms with Crippen molar-refractivity contribution in [1.29, 1.82) is 0 Å². The number of benzene rings is 1. The Morgan fingerprint density at radius 1 is 1.43 bits per heavy atom. The predicted molar refractivity (Wildman–Crippen MR) is 76.7 cm³/mol. The Morgan fingerprint density at radius 2 is 2.29 bits per heavy atom. The van der Waals surface area contributed by atoms with Crippen molar-refractivity contribution < 1.29 is 9.53 Å². The molecule has 0 bridgehead atoms. The van der Waals surface area contributed by atoms with Crippen LogP contribution in [0.25, 0.3) is 0 Å². The van der Waals surface area contributed by atoms with Gasteiger partial charge in [0.05, 0.1) is 31.6 Å². The zero-order chi connectivity index (χ0) is 15.1. The number of nitrogens with one attached hydrogen (secondary N) is 1. The number of amides is 1. The smallest absolute Gasteiger partial charge is 0.258 e. The van der Waals surface area contributed by atoms with Crippen molar-refractivity contribution in [2.45, 2.75) is 0 Å². The van der Waals surface area contributed by atoms with Gasteiger partial charge in [-0.3, -0.25) is 10.1 Å². The van der Waals surface area contributed by atoms with Crippen molar-refractivity contribution in [3.8, 4) is 17.6 Å². The molecule has 0 aliphatic heterocycles. The number of carbonyl (C=O) groups excluding carboxylic acids is 1. The molecule has 1 heterocycles. The Labute approximate surface area is 121 Å². The van der Waals surface area contributed by atoms with Crippen LogP contribution < -0.4 is 15.8 Å². The monoisotopic (exact) mass is 283 g/mol. The maximum Gasteiger partial charge on any atom is 0.258 e. The quantitative estimate of drug-likeness (QED) is 0.792. The molecule has 1 amide bonds. The first-order chi connectivity index (χ1) is 10.2. The minimum Gasteiger partial charge on any atom is -0.495 e. The van der Waals surface area contributed by atoms with Crippen LogP contribution in [0.5, 0.6) is 5.75 Å². The Bertz CT molecular complexity index is 692. The number of nitrogens with zero attached hydrogens (tertiary/aromatic N) is 3. The zero-order valence-electron chi connectivity index (χ0n) is 11.3. The van der Waals surface area contributed by atoms with Crippen LogP contribution in [-0.4, -0.2) is 34.7 Å². The van der Waals surface area contributed by atoms with Gasteiger partial charge < -0.3 is 10.5 Å². The lowest BCUT2D eigenvalue weighted by Crippen LogP contribution is -2.14. The van der Waals surface area contributed by atoms with Crippen LogP contribution in [0.1, 0.15) is 15.9 Å². The van der Waals surface area contributed by atoms with Crippen LogP contribution in [0.15, 0.2) is 30.6 Å². The Balaban J connectivity index is 2.25. The predicted octanol–water partition coefficient (Wildman–Crippen LogP) is 0.443. The van der Waals surface area contributed by atoms with Gasteiger partial charge in [0.25, 0.3) is 5.91 Å². The topological polar surface area (TPSA) is 103 Å². The number of nitrogens with two attached hydrogens (primary N) is 1. The molecule has 0 saturated carbocycles. The highest BCUT2D eigenvalue weighted by Gasteiger charge is 2.10. The van der Waals surface area contributed by atoms with E-state index in [9.17, 15) is 4.79 Å². The molecule has 1 aromatic carbocycles. The van der Waals surface area contributed by atoms with Crippen LogP contribution in [0, 0.1) is 11.8 Å². The van der Waals surface area contributed by atoms with Gasteiger partial charge in [-0.25, -0.2) is 4.98 Å². The summed E-state index contributed by atoms with van der Waals surface area (Å²) in [5.74, 6) is 5.93. The molecular formula is C14H13N5O2. The van der Waals surface area contributed by atoms with Gasteiger partial charge in [-0.2, -0.15) is 5.10 Å². The van der Waals surface area contributed by atoms with Gasteiger partial charge >= 0.3 is 0 Å². The van der Waals surface area contributed by atoms with Gasteiger partial charge in [-0.15, -0.1) is 5.10 Å². The third-order valence-corrected chi connectivity index (χ3v) is 2.49. The number of ether oxygens (including phenoxy) is 1. The lowest BCUT2D eigenvalue weighted by Gasteiger charge is -2.06. The summed E-state index contributed by atoms with van der Waals surface area (Å²) in [5.41, 5.74) is 6.34. The highest BCUT2D eigenvalue weighted by atomic mass is 16.5. The molecular weight excluding hydrogens is 270 g/mol. The second kappa shape index (κ2) is 6.98. The van der Waals surface area contributed by atoms with E-state index in [1.807, 2.05) is 0 Å². The lowest BCUT2D eigenvalue weighted by molar-refractivity contribution is 0.102. The van der Waals surface area contributed by atoms with E-state index in [1.165, 1.54) is 19.5 Å². The molecule has 7 heteroatoms. The van der Waals surface area contributed by atoms with Crippen LogP contribution in [0.2, 0.25) is 0 Å². The highest BCUT2D eigenvalue weighted by Crippen LogP contribution is 2.19. The Kier molecular flexibility index (Phi) is 4.79. The van der Waals surface area contributed by atoms with Crippen LogP contribution in [0.3, 0.4) is 0 Å². The van der Waals surface area contributed by atoms with Crippen LogP contribution >= 0.6 is 0 Å². The largest absolute Gasteiger partial charge is 0.495 e. The van der Waals surface area contributed by atoms with E-state index in [4.69, 9.17) is 10.5 Å². The normalized spacial score (nSPS) is 9.43. The van der Waals surface area contributed by atoms with E-state index < -0.39 is 0 Å². The molecule has 1 aromatic heterocycles. The summed E-state index contributed by atoms with van der Waals surface area (Å²) in [7, 11) is 1.53. The lowest BCUT2D eigenvalue weighted by atomic mass is 10.1. The summed E-state index contributed by atoms with van der Waals surface area (Å²) in [5, 5.41) is 9.86. The maximum atomic E-state index is 12.1. The molecule has 0 aliphatic rings. The fourth-order valence-electron chi connectivity index (χ4n) is 1.57. The SMILES string of the molecule is COc1ccc(C(=O)Nc2nccnn2)cc1C#CCN. The molecule has 0 saturated heterocycles. The van der Waals surface area contributed by atoms with E-state index in [1.54, 1.807) is 18.2 Å². The van der Waals surface area contributed by atoms with E-state index in [-0.39, 0.29) is 18.4 Å². The Morgan fingerprint density at radius 3 is 2.95 bits per heavy atom. The van der Waals surface area contributed by atoms with Gasteiger partial charge in [0.15, 0.2) is 0 Å². The Hall–Kier alpha value is -2.98. The average Bonchev–Trinajstić information content (AvgIpc) is 2.53. The van der Waals surface area contributed by atoms with Crippen molar-refractivity contribution in [2.75, 3.05) is 19.0 Å². The summed E-state index contributed by atoms with van der Waals surface area (Å²) < 4.78 is 5.19. The summed E-state index contributed by atoms with van der Waals surface area (Å²) in [6.07, 6.45) is 2.86. The molecule has 21 heavy (non-hydrogen) atoms. The molecule has 106 valence electrons. The number of anilines is 1. The fraction of sp³-hybridized carbons (Fsp3) is 0.143. The average molecular weight is 283 g/mol. The second-order valence-corrected chi connectivity index (χ2v) is 3.84. The molecule has 3 N–H and O–H groups in total. The molecule has 0 aliphatic carbocycles. The summed E-state index contributed by atoms with van der Waals surface area (Å²) in [4.78, 5) is 16.0. The third-order valence-electron chi connectivity index (χ3n) is 2.49. The van der Waals surface area contributed by atoms with Crippen molar-refractivity contribution in [3.05, 3.63) is 41.7 Å². The third kappa shape index (κ3) is 3.75. The van der Waals surface area contributed by atoms with Crippen LogP contribution in [-0.2, 0) is 0 Å². The number of carbonyl (C=O) groups is 1. The summed E-state index contributed by atoms with van der Waals surface area (Å²) >= 11 is 0. The maximum absolute atomic E-state index is 12.1. The first kappa shape index (κ1) is 14.4. The van der Waals surface area contributed by atoms with Crippen molar-refractivity contribution in [1.82, 2.24) is 15.2 Å². The second-order valence-electron chi connectivity index (χ2n) is 3.84. The molecule has 0 spiro atoms. The minimum atomic E-state index is -0.360. The number of rotatable bonds is 3. The minimum absolute atomic E-state index is 0.132. The molecule has 2 aromatic rings. The van der Waals surface area contributed by atoms with Crippen molar-refractivity contribution >= 4 is 11.9 Å². The van der Waals surface area contributed by atoms with Crippen molar-refractivity contribution in [2.24, 2.45) is 5.73 Å². The fourth-order valence-corrected chi connectivity index (χ4v) is 1.57. The first-order valence-electron chi connectivity index (χ1n) is 6.06. The van der Waals surface area contributed by atoms with Gasteiger partial charge in [0, 0.05) is 5.56 Å². The first-order valence-corrected chi connectivity index (χ1v) is 6.06. The van der Waals surface area contributed by atoms with Gasteiger partial charge in [0.2, 0.25) is 5.95 Å². The number of hydrogen-bond donors (Lipinski definition) is 2. The van der Waals surface area contributed by atoms with E-state index in [2.05, 4.69) is 32.3 Å². The zero-order valence-corrected chi connectivity index (χ0v) is 11.3. The molecule has 7 nitrogen and oxygen atoms in total. The van der Waals surface area contributed by atoms with Gasteiger partial charge in [-0.05, 0) is 18.2 Å². The number of methoxy groups -OCH3 is 1. The summed E-state index contributed by atoms with van der Waals surface area (Å²) in [6.45, 7) is 0.225. The molecule has 0 unspecified atom stereocenters. The van der Waals surface area contributed by atoms with Crippen LogP contribution in [0.4, 0.5) is 5.95 Å². The number of aromatic nitrogens is 3. The number of hydrogen-bond acceptors (Lipinski definition) is 6. The molecule has 0 radical (unpaired) electrons. The van der Waals surface area contributed by atoms with E-state index in [0.717, 1.165) is 0 Å². The van der Waals surface area contributed by atoms with E-state index in [0.29, 0.717) is 16.9 Å². The molecule has 2 rings (SSSR count). The highest BCUT2D eigenvalue weighted by molar-refractivity contribution is 6.03. The molecule has 0 atom stereocenters. The standard InChI is InChI=1S/C14H13N5O2/c1-21-12-5-4-11(9-10(12)3-2-6-15)13(20)18-14-16-7-8-17-19-14/h4-5,7-9H,6,15H2,1H3,(H,16,18,19,20).